The van der Waals surface area contributed by atoms with Gasteiger partial charge < -0.3 is 17.9 Å². The van der Waals surface area contributed by atoms with E-state index < -0.39 is 0 Å². The van der Waals surface area contributed by atoms with Crippen LogP contribution in [0.5, 0.6) is 0 Å². The van der Waals surface area contributed by atoms with Gasteiger partial charge in [0.15, 0.2) is 0 Å². The Bertz CT molecular complexity index is 704. The number of rotatable bonds is 2. The van der Waals surface area contributed by atoms with Crippen molar-refractivity contribution in [2.75, 3.05) is 0 Å². The second-order valence-electron chi connectivity index (χ2n) is 4.94. The van der Waals surface area contributed by atoms with Gasteiger partial charge in [0, 0.05) is 68.1 Å². The standard InChI is InChI=1S/2C10H8N2.ClH.O.V/c2*1-5-11-6-2-9(1)10-3-7-12-8-4-10;;;/h2*1-8H;1H;;/q;;;-2;/p-1. The van der Waals surface area contributed by atoms with Crippen molar-refractivity contribution in [1.29, 1.82) is 0 Å². The van der Waals surface area contributed by atoms with E-state index in [2.05, 4.69) is 19.9 Å². The summed E-state index contributed by atoms with van der Waals surface area (Å²) in [4.78, 5) is 15.8. The zero-order valence-electron chi connectivity index (χ0n) is 14.3. The summed E-state index contributed by atoms with van der Waals surface area (Å²) in [5.41, 5.74) is 4.69. The normalized spacial score (nSPS) is 8.59. The van der Waals surface area contributed by atoms with Crippen LogP contribution in [0.4, 0.5) is 0 Å². The molecule has 5 nitrogen and oxygen atoms in total. The van der Waals surface area contributed by atoms with E-state index >= 15 is 0 Å². The fourth-order valence-corrected chi connectivity index (χ4v) is 2.18. The molecule has 0 amide bonds. The van der Waals surface area contributed by atoms with Crippen LogP contribution in [-0.2, 0) is 24.0 Å². The Kier molecular flexibility index (Phi) is 12.3. The number of hydrogen-bond donors (Lipinski definition) is 0. The van der Waals surface area contributed by atoms with E-state index in [1.165, 1.54) is 22.3 Å². The summed E-state index contributed by atoms with van der Waals surface area (Å²) in [6, 6.07) is 15.9. The summed E-state index contributed by atoms with van der Waals surface area (Å²) in [5.74, 6) is 0. The van der Waals surface area contributed by atoms with Crippen molar-refractivity contribution in [3.05, 3.63) is 98.1 Å². The Hall–Kier alpha value is -2.57. The molecule has 0 fully saturated rings. The molecule has 4 heterocycles. The van der Waals surface area contributed by atoms with Crippen molar-refractivity contribution < 1.29 is 36.4 Å². The maximum Gasteiger partial charge on any atom is 0.0273 e. The van der Waals surface area contributed by atoms with Gasteiger partial charge in [-0.25, -0.2) is 0 Å². The molecule has 0 unspecified atom stereocenters. The molecule has 7 heteroatoms. The fraction of sp³-hybridized carbons (Fsp3) is 0. The molecule has 0 saturated carbocycles. The first-order valence-electron chi connectivity index (χ1n) is 7.54. The summed E-state index contributed by atoms with van der Waals surface area (Å²) in [7, 11) is 0. The van der Waals surface area contributed by atoms with Gasteiger partial charge in [-0.1, -0.05) is 0 Å². The van der Waals surface area contributed by atoms with Gasteiger partial charge in [0.2, 0.25) is 0 Å². The van der Waals surface area contributed by atoms with Crippen molar-refractivity contribution >= 4 is 0 Å². The second kappa shape index (κ2) is 13.6. The topological polar surface area (TPSA) is 80.1 Å². The maximum absolute atomic E-state index is 3.96. The smallest absolute Gasteiger partial charge is 0.0273 e. The molecule has 0 aromatic carbocycles. The monoisotopic (exact) mass is 414 g/mol. The number of hydrogen-bond acceptors (Lipinski definition) is 4. The van der Waals surface area contributed by atoms with Gasteiger partial charge in [0.05, 0.1) is 0 Å². The first kappa shape index (κ1) is 24.4. The largest absolute Gasteiger partial charge is 2.00 e. The van der Waals surface area contributed by atoms with Gasteiger partial charge in [-0.3, -0.25) is 19.9 Å². The first-order valence-corrected chi connectivity index (χ1v) is 7.54. The Labute approximate surface area is 176 Å². The molecular weight excluding hydrogens is 399 g/mol. The summed E-state index contributed by atoms with van der Waals surface area (Å²) in [6.45, 7) is 0. The summed E-state index contributed by atoms with van der Waals surface area (Å²) in [6.07, 6.45) is 14.3. The molecule has 0 aliphatic heterocycles. The molecule has 0 atom stereocenters. The molecule has 4 aromatic heterocycles. The van der Waals surface area contributed by atoms with Gasteiger partial charge in [-0.15, -0.1) is 0 Å². The van der Waals surface area contributed by atoms with Crippen LogP contribution >= 0.6 is 0 Å². The van der Waals surface area contributed by atoms with Gasteiger partial charge >= 0.3 is 0 Å². The third-order valence-electron chi connectivity index (χ3n) is 3.39. The van der Waals surface area contributed by atoms with E-state index in [1.807, 2.05) is 48.5 Å². The van der Waals surface area contributed by atoms with E-state index in [0.717, 1.165) is 0 Å². The minimum atomic E-state index is 0. The minimum absolute atomic E-state index is 0. The quantitative estimate of drug-likeness (QED) is 0.493. The van der Waals surface area contributed by atoms with Gasteiger partial charge in [-0.2, -0.15) is 0 Å². The molecule has 137 valence electrons. The van der Waals surface area contributed by atoms with Crippen LogP contribution in [0.3, 0.4) is 0 Å². The number of pyridine rings is 4. The summed E-state index contributed by atoms with van der Waals surface area (Å²) >= 11 is 0. The zero-order chi connectivity index (χ0) is 16.5. The maximum atomic E-state index is 3.96. The van der Waals surface area contributed by atoms with Crippen LogP contribution in [0, 0.1) is 0 Å². The molecule has 27 heavy (non-hydrogen) atoms. The predicted octanol–water partition coefficient (Wildman–Crippen LogP) is 1.17. The minimum Gasteiger partial charge on any atom is -2.00 e. The molecular formula is C20H16ClN4OV-3. The molecule has 1 radical (unpaired) electrons. The van der Waals surface area contributed by atoms with Crippen LogP contribution < -0.4 is 12.4 Å². The Morgan fingerprint density at radius 1 is 0.370 bits per heavy atom. The third kappa shape index (κ3) is 7.68. The summed E-state index contributed by atoms with van der Waals surface area (Å²) in [5, 5.41) is 0. The second-order valence-corrected chi connectivity index (χ2v) is 4.94. The molecule has 0 saturated heterocycles. The van der Waals surface area contributed by atoms with E-state index in [-0.39, 0.29) is 36.4 Å². The Balaban J connectivity index is 0.000000451. The van der Waals surface area contributed by atoms with Crippen molar-refractivity contribution in [3.63, 3.8) is 0 Å². The third-order valence-corrected chi connectivity index (χ3v) is 3.39. The molecule has 4 aromatic rings. The molecule has 0 aliphatic carbocycles. The van der Waals surface area contributed by atoms with Gasteiger partial charge in [0.1, 0.15) is 0 Å². The zero-order valence-corrected chi connectivity index (χ0v) is 16.4. The fourth-order valence-electron chi connectivity index (χ4n) is 2.18. The van der Waals surface area contributed by atoms with Crippen LogP contribution in [0.15, 0.2) is 98.1 Å². The first-order chi connectivity index (χ1) is 11.9. The van der Waals surface area contributed by atoms with E-state index in [4.69, 9.17) is 0 Å². The number of aromatic nitrogens is 4. The van der Waals surface area contributed by atoms with E-state index in [9.17, 15) is 0 Å². The average Bonchev–Trinajstić information content (AvgIpc) is 2.71. The van der Waals surface area contributed by atoms with Crippen LogP contribution in [0.2, 0.25) is 0 Å². The van der Waals surface area contributed by atoms with Crippen molar-refractivity contribution in [3.8, 4) is 22.3 Å². The number of halogens is 1. The van der Waals surface area contributed by atoms with Crippen LogP contribution in [0.25, 0.3) is 22.3 Å². The summed E-state index contributed by atoms with van der Waals surface area (Å²) < 4.78 is 0. The van der Waals surface area contributed by atoms with Crippen LogP contribution in [-0.4, -0.2) is 19.9 Å². The Morgan fingerprint density at radius 2 is 0.519 bits per heavy atom. The SMILES string of the molecule is [Cl-].[O-2].[V].c1cc(-c2ccncc2)ccn1.c1cc(-c2ccncc2)ccn1. The van der Waals surface area contributed by atoms with Crippen molar-refractivity contribution in [1.82, 2.24) is 19.9 Å². The van der Waals surface area contributed by atoms with E-state index in [1.54, 1.807) is 49.6 Å². The average molecular weight is 415 g/mol. The Morgan fingerprint density at radius 3 is 0.667 bits per heavy atom. The van der Waals surface area contributed by atoms with Gasteiger partial charge in [0.25, 0.3) is 0 Å². The van der Waals surface area contributed by atoms with Crippen molar-refractivity contribution in [2.45, 2.75) is 0 Å². The molecule has 0 spiro atoms. The molecule has 0 N–H and O–H groups in total. The molecule has 0 aliphatic rings. The van der Waals surface area contributed by atoms with E-state index in [0.29, 0.717) is 0 Å². The van der Waals surface area contributed by atoms with Gasteiger partial charge in [-0.05, 0) is 70.8 Å². The van der Waals surface area contributed by atoms with Crippen molar-refractivity contribution in [2.24, 2.45) is 0 Å². The molecule has 4 rings (SSSR count). The predicted molar refractivity (Wildman–Crippen MR) is 95.6 cm³/mol. The van der Waals surface area contributed by atoms with Crippen LogP contribution in [0.1, 0.15) is 0 Å². The number of nitrogens with zero attached hydrogens (tertiary/aromatic N) is 4. The molecule has 0 bridgehead atoms.